The Morgan fingerprint density at radius 2 is 1.86 bits per heavy atom. The minimum Gasteiger partial charge on any atom is -0.466 e. The summed E-state index contributed by atoms with van der Waals surface area (Å²) in [4.78, 5) is 14.1. The van der Waals surface area contributed by atoms with E-state index in [0.717, 1.165) is 42.6 Å². The monoisotopic (exact) mass is 595 g/mol. The predicted octanol–water partition coefficient (Wildman–Crippen LogP) is 6.48. The minimum atomic E-state index is -4.73. The van der Waals surface area contributed by atoms with Gasteiger partial charge in [-0.1, -0.05) is 58.8 Å². The van der Waals surface area contributed by atoms with Crippen LogP contribution in [0.1, 0.15) is 54.5 Å². The highest BCUT2D eigenvalue weighted by atomic mass is 19.4. The Hall–Kier alpha value is -3.96. The van der Waals surface area contributed by atoms with Crippen molar-refractivity contribution in [1.82, 2.24) is 15.2 Å². The van der Waals surface area contributed by atoms with E-state index in [2.05, 4.69) is 15.2 Å². The number of aromatic nitrogens is 2. The number of piperidine rings is 1. The van der Waals surface area contributed by atoms with Crippen molar-refractivity contribution in [3.8, 4) is 34.0 Å². The summed E-state index contributed by atoms with van der Waals surface area (Å²) in [6, 6.07) is 13.6. The molecule has 43 heavy (non-hydrogen) atoms. The van der Waals surface area contributed by atoms with Crippen LogP contribution in [-0.2, 0) is 28.5 Å². The van der Waals surface area contributed by atoms with E-state index in [4.69, 9.17) is 13.8 Å². The normalized spacial score (nSPS) is 17.7. The van der Waals surface area contributed by atoms with Gasteiger partial charge in [0, 0.05) is 36.2 Å². The van der Waals surface area contributed by atoms with Crippen LogP contribution in [0.5, 0.6) is 0 Å². The van der Waals surface area contributed by atoms with Crippen LogP contribution in [0.25, 0.3) is 34.0 Å². The standard InChI is InChI=1S/C32H32F3N3O5/c1-2-41-26(40)15-19-7-6-14-38(17-19)18-25(39)22-11-12-23-21(16-22)10-13-24-28(23)36-43-31(24)29-27(32(33,34)35)30(42-37-29)20-8-4-3-5-9-20/h3-5,8-9,11-12,16,19,25,39H,2,6-7,10,13-15,17-18H2,1H3/t19-,25?/m1/s1. The number of hydrogen-bond donors (Lipinski definition) is 1. The molecule has 1 aliphatic carbocycles. The highest BCUT2D eigenvalue weighted by Gasteiger charge is 2.43. The minimum absolute atomic E-state index is 0.0505. The number of aliphatic hydroxyl groups excluding tert-OH is 1. The van der Waals surface area contributed by atoms with Crippen molar-refractivity contribution in [1.29, 1.82) is 0 Å². The number of carbonyl (C=O) groups excluding carboxylic acids is 1. The summed E-state index contributed by atoms with van der Waals surface area (Å²) < 4.78 is 58.7. The van der Waals surface area contributed by atoms with E-state index in [1.165, 1.54) is 12.1 Å². The molecule has 0 radical (unpaired) electrons. The molecule has 2 aromatic heterocycles. The molecular weight excluding hydrogens is 563 g/mol. The number of β-amino-alcohol motifs (C(OH)–C–C–N with tert-alkyl or cyclic N) is 1. The molecule has 0 amide bonds. The Kier molecular flexibility index (Phi) is 8.11. The topological polar surface area (TPSA) is 102 Å². The summed E-state index contributed by atoms with van der Waals surface area (Å²) in [6.07, 6.45) is -2.24. The van der Waals surface area contributed by atoms with E-state index in [1.54, 1.807) is 25.1 Å². The Bertz CT molecular complexity index is 1600. The number of likely N-dealkylation sites (tertiary alicyclic amines) is 1. The SMILES string of the molecule is CCOC(=O)C[C@H]1CCCN(CC(O)c2ccc3c(c2)CCc2c-3noc2-c2noc(-c3ccccc3)c2C(F)(F)F)C1. The van der Waals surface area contributed by atoms with Crippen molar-refractivity contribution in [3.05, 3.63) is 70.8 Å². The summed E-state index contributed by atoms with van der Waals surface area (Å²) in [7, 11) is 0. The van der Waals surface area contributed by atoms with Gasteiger partial charge in [0.1, 0.15) is 11.3 Å². The molecule has 2 aromatic carbocycles. The molecule has 0 bridgehead atoms. The van der Waals surface area contributed by atoms with Crippen molar-refractivity contribution in [3.63, 3.8) is 0 Å². The number of aliphatic hydroxyl groups is 1. The van der Waals surface area contributed by atoms with Gasteiger partial charge in [-0.05, 0) is 56.2 Å². The van der Waals surface area contributed by atoms with Gasteiger partial charge in [-0.2, -0.15) is 13.2 Å². The van der Waals surface area contributed by atoms with Crippen LogP contribution in [0.4, 0.5) is 13.2 Å². The lowest BCUT2D eigenvalue weighted by Crippen LogP contribution is -2.38. The van der Waals surface area contributed by atoms with Crippen LogP contribution in [0.15, 0.2) is 57.6 Å². The number of alkyl halides is 3. The van der Waals surface area contributed by atoms with Crippen LogP contribution in [0.2, 0.25) is 0 Å². The first-order valence-corrected chi connectivity index (χ1v) is 14.5. The Labute approximate surface area is 246 Å². The average Bonchev–Trinajstić information content (AvgIpc) is 3.62. The van der Waals surface area contributed by atoms with E-state index < -0.39 is 23.5 Å². The first-order chi connectivity index (χ1) is 20.7. The molecule has 2 aliphatic rings. The first kappa shape index (κ1) is 29.1. The highest BCUT2D eigenvalue weighted by molar-refractivity contribution is 5.79. The van der Waals surface area contributed by atoms with Crippen molar-refractivity contribution in [2.24, 2.45) is 5.92 Å². The molecule has 0 spiro atoms. The molecule has 1 saturated heterocycles. The molecule has 0 saturated carbocycles. The largest absolute Gasteiger partial charge is 0.466 e. The Morgan fingerprint density at radius 1 is 1.09 bits per heavy atom. The number of hydrogen-bond acceptors (Lipinski definition) is 8. The van der Waals surface area contributed by atoms with Gasteiger partial charge in [0.15, 0.2) is 17.2 Å². The van der Waals surface area contributed by atoms with Crippen LogP contribution in [0, 0.1) is 5.92 Å². The molecule has 8 nitrogen and oxygen atoms in total. The maximum atomic E-state index is 14.3. The van der Waals surface area contributed by atoms with Crippen molar-refractivity contribution in [2.45, 2.75) is 51.3 Å². The van der Waals surface area contributed by atoms with Gasteiger partial charge in [-0.3, -0.25) is 4.79 Å². The fourth-order valence-corrected chi connectivity index (χ4v) is 6.24. The number of rotatable bonds is 8. The molecule has 2 atom stereocenters. The average molecular weight is 596 g/mol. The second kappa shape index (κ2) is 12.0. The summed E-state index contributed by atoms with van der Waals surface area (Å²) in [5, 5.41) is 19.0. The van der Waals surface area contributed by atoms with Gasteiger partial charge >= 0.3 is 12.1 Å². The second-order valence-corrected chi connectivity index (χ2v) is 11.1. The van der Waals surface area contributed by atoms with Gasteiger partial charge < -0.3 is 23.8 Å². The molecule has 1 N–H and O–H groups in total. The zero-order chi connectivity index (χ0) is 30.1. The van der Waals surface area contributed by atoms with Gasteiger partial charge in [-0.25, -0.2) is 0 Å². The number of aryl methyl sites for hydroxylation is 1. The van der Waals surface area contributed by atoms with Crippen LogP contribution in [-0.4, -0.2) is 52.5 Å². The summed E-state index contributed by atoms with van der Waals surface area (Å²) in [6.45, 7) is 4.17. The van der Waals surface area contributed by atoms with E-state index in [1.807, 2.05) is 18.2 Å². The lowest BCUT2D eigenvalue weighted by Gasteiger charge is -2.33. The molecular formula is C32H32F3N3O5. The second-order valence-electron chi connectivity index (χ2n) is 11.1. The van der Waals surface area contributed by atoms with E-state index in [0.29, 0.717) is 43.7 Å². The number of halogens is 3. The molecule has 3 heterocycles. The molecule has 226 valence electrons. The van der Waals surface area contributed by atoms with Gasteiger partial charge in [0.05, 0.1) is 12.7 Å². The fraction of sp³-hybridized carbons (Fsp3) is 0.406. The maximum absolute atomic E-state index is 14.3. The summed E-state index contributed by atoms with van der Waals surface area (Å²) in [5.41, 5.74) is 2.29. The third-order valence-electron chi connectivity index (χ3n) is 8.22. The molecule has 4 aromatic rings. The molecule has 1 unspecified atom stereocenters. The molecule has 1 fully saturated rings. The van der Waals surface area contributed by atoms with E-state index >= 15 is 0 Å². The first-order valence-electron chi connectivity index (χ1n) is 14.5. The van der Waals surface area contributed by atoms with Gasteiger partial charge in [-0.15, -0.1) is 0 Å². The fourth-order valence-electron chi connectivity index (χ4n) is 6.24. The highest BCUT2D eigenvalue weighted by Crippen LogP contribution is 2.46. The van der Waals surface area contributed by atoms with Crippen LogP contribution < -0.4 is 0 Å². The van der Waals surface area contributed by atoms with Crippen molar-refractivity contribution in [2.75, 3.05) is 26.2 Å². The summed E-state index contributed by atoms with van der Waals surface area (Å²) in [5.74, 6) is -0.404. The molecule has 6 rings (SSSR count). The lowest BCUT2D eigenvalue weighted by molar-refractivity contribution is -0.144. The van der Waals surface area contributed by atoms with E-state index in [9.17, 15) is 23.1 Å². The van der Waals surface area contributed by atoms with E-state index in [-0.39, 0.29) is 29.0 Å². The van der Waals surface area contributed by atoms with Gasteiger partial charge in [0.2, 0.25) is 0 Å². The predicted molar refractivity (Wildman–Crippen MR) is 151 cm³/mol. The van der Waals surface area contributed by atoms with Crippen molar-refractivity contribution >= 4 is 5.97 Å². The van der Waals surface area contributed by atoms with Crippen molar-refractivity contribution < 1.29 is 36.9 Å². The smallest absolute Gasteiger partial charge is 0.422 e. The Morgan fingerprint density at radius 3 is 2.63 bits per heavy atom. The zero-order valence-electron chi connectivity index (χ0n) is 23.7. The number of ether oxygens (including phenoxy) is 1. The quantitative estimate of drug-likeness (QED) is 0.231. The summed E-state index contributed by atoms with van der Waals surface area (Å²) >= 11 is 0. The number of fused-ring (bicyclic) bond motifs is 3. The lowest BCUT2D eigenvalue weighted by atomic mass is 9.86. The number of carbonyl (C=O) groups is 1. The Balaban J connectivity index is 1.22. The third kappa shape index (κ3) is 5.96. The molecule has 1 aliphatic heterocycles. The number of nitrogens with zero attached hydrogens (tertiary/aromatic N) is 3. The van der Waals surface area contributed by atoms with Gasteiger partial charge in [0.25, 0.3) is 0 Å². The third-order valence-corrected chi connectivity index (χ3v) is 8.22. The maximum Gasteiger partial charge on any atom is 0.422 e. The number of esters is 1. The van der Waals surface area contributed by atoms with Crippen LogP contribution >= 0.6 is 0 Å². The number of benzene rings is 2. The zero-order valence-corrected chi connectivity index (χ0v) is 23.7. The molecule has 11 heteroatoms. The van der Waals surface area contributed by atoms with Crippen LogP contribution in [0.3, 0.4) is 0 Å².